The summed E-state index contributed by atoms with van der Waals surface area (Å²) in [6.45, 7) is 2.25. The third-order valence-electron chi connectivity index (χ3n) is 1.98. The van der Waals surface area contributed by atoms with Crippen molar-refractivity contribution in [3.63, 3.8) is 0 Å². The van der Waals surface area contributed by atoms with E-state index in [0.29, 0.717) is 36.8 Å². The standard InChI is InChI=1S/C11H17BrN2O4/c1-15-4-3-5-17-6-7-18-11-13-8-9(12)10(14-11)16-2/h8H,3-7H2,1-2H3. The van der Waals surface area contributed by atoms with Crippen molar-refractivity contribution in [1.82, 2.24) is 9.97 Å². The molecule has 0 aliphatic carbocycles. The molecule has 0 spiro atoms. The maximum atomic E-state index is 5.34. The van der Waals surface area contributed by atoms with Crippen LogP contribution in [0.15, 0.2) is 10.7 Å². The van der Waals surface area contributed by atoms with Gasteiger partial charge in [-0.25, -0.2) is 4.98 Å². The molecule has 1 aromatic rings. The summed E-state index contributed by atoms with van der Waals surface area (Å²) in [5, 5.41) is 0. The Kier molecular flexibility index (Phi) is 7.63. The lowest BCUT2D eigenvalue weighted by molar-refractivity contribution is 0.0781. The average Bonchev–Trinajstić information content (AvgIpc) is 2.39. The van der Waals surface area contributed by atoms with Crippen molar-refractivity contribution >= 4 is 15.9 Å². The van der Waals surface area contributed by atoms with Crippen molar-refractivity contribution in [1.29, 1.82) is 0 Å². The van der Waals surface area contributed by atoms with E-state index in [1.54, 1.807) is 13.3 Å². The molecule has 0 aliphatic rings. The van der Waals surface area contributed by atoms with E-state index in [1.807, 2.05) is 0 Å². The summed E-state index contributed by atoms with van der Waals surface area (Å²) >= 11 is 3.27. The number of methoxy groups -OCH3 is 2. The van der Waals surface area contributed by atoms with Gasteiger partial charge < -0.3 is 18.9 Å². The van der Waals surface area contributed by atoms with Gasteiger partial charge in [0.15, 0.2) is 0 Å². The van der Waals surface area contributed by atoms with E-state index in [-0.39, 0.29) is 6.01 Å². The molecule has 0 radical (unpaired) electrons. The van der Waals surface area contributed by atoms with Crippen molar-refractivity contribution in [3.8, 4) is 11.9 Å². The molecule has 1 aromatic heterocycles. The van der Waals surface area contributed by atoms with E-state index in [1.165, 1.54) is 7.11 Å². The lowest BCUT2D eigenvalue weighted by Gasteiger charge is -2.07. The van der Waals surface area contributed by atoms with Gasteiger partial charge in [-0.1, -0.05) is 0 Å². The average molecular weight is 321 g/mol. The van der Waals surface area contributed by atoms with Gasteiger partial charge in [-0.05, 0) is 22.4 Å². The van der Waals surface area contributed by atoms with Gasteiger partial charge in [0.25, 0.3) is 0 Å². The van der Waals surface area contributed by atoms with Gasteiger partial charge in [0.05, 0.1) is 24.4 Å². The molecule has 0 aromatic carbocycles. The number of hydrogen-bond acceptors (Lipinski definition) is 6. The Balaban J connectivity index is 2.19. The molecule has 1 rings (SSSR count). The quantitative estimate of drug-likeness (QED) is 0.645. The second-order valence-electron chi connectivity index (χ2n) is 3.32. The number of rotatable bonds is 9. The van der Waals surface area contributed by atoms with E-state index in [0.717, 1.165) is 6.42 Å². The number of ether oxygens (including phenoxy) is 4. The minimum atomic E-state index is 0.274. The molecular formula is C11H17BrN2O4. The molecule has 0 saturated heterocycles. The molecule has 102 valence electrons. The first-order valence-electron chi connectivity index (χ1n) is 5.54. The topological polar surface area (TPSA) is 62.7 Å². The molecule has 0 bridgehead atoms. The minimum Gasteiger partial charge on any atom is -0.480 e. The van der Waals surface area contributed by atoms with Crippen molar-refractivity contribution in [2.45, 2.75) is 6.42 Å². The molecule has 18 heavy (non-hydrogen) atoms. The predicted molar refractivity (Wildman–Crippen MR) is 69.1 cm³/mol. The van der Waals surface area contributed by atoms with E-state index in [4.69, 9.17) is 18.9 Å². The molecule has 1 heterocycles. The highest BCUT2D eigenvalue weighted by molar-refractivity contribution is 9.10. The molecule has 0 amide bonds. The summed E-state index contributed by atoms with van der Waals surface area (Å²) < 4.78 is 21.3. The summed E-state index contributed by atoms with van der Waals surface area (Å²) in [7, 11) is 3.21. The lowest BCUT2D eigenvalue weighted by atomic mass is 10.5. The molecule has 0 atom stereocenters. The van der Waals surface area contributed by atoms with Gasteiger partial charge in [-0.15, -0.1) is 0 Å². The highest BCUT2D eigenvalue weighted by Crippen LogP contribution is 2.22. The Hall–Kier alpha value is -0.920. The summed E-state index contributed by atoms with van der Waals surface area (Å²) in [5.74, 6) is 0.445. The van der Waals surface area contributed by atoms with Crippen LogP contribution in [0.5, 0.6) is 11.9 Å². The maximum absolute atomic E-state index is 5.34. The Bertz CT molecular complexity index is 352. The molecule has 0 saturated carbocycles. The van der Waals surface area contributed by atoms with Crippen LogP contribution in [0.4, 0.5) is 0 Å². The van der Waals surface area contributed by atoms with Crippen LogP contribution in [0.2, 0.25) is 0 Å². The van der Waals surface area contributed by atoms with Gasteiger partial charge in [-0.2, -0.15) is 4.98 Å². The van der Waals surface area contributed by atoms with E-state index in [2.05, 4.69) is 25.9 Å². The van der Waals surface area contributed by atoms with Gasteiger partial charge in [0.2, 0.25) is 5.88 Å². The third kappa shape index (κ3) is 5.61. The molecule has 6 nitrogen and oxygen atoms in total. The van der Waals surface area contributed by atoms with E-state index >= 15 is 0 Å². The number of halogens is 1. The van der Waals surface area contributed by atoms with E-state index in [9.17, 15) is 0 Å². The Morgan fingerprint density at radius 1 is 1.17 bits per heavy atom. The first-order chi connectivity index (χ1) is 8.77. The second-order valence-corrected chi connectivity index (χ2v) is 4.17. The van der Waals surface area contributed by atoms with Crippen molar-refractivity contribution in [2.24, 2.45) is 0 Å². The Morgan fingerprint density at radius 2 is 2.00 bits per heavy atom. The summed E-state index contributed by atoms with van der Waals surface area (Å²) in [4.78, 5) is 8.06. The van der Waals surface area contributed by atoms with Crippen LogP contribution >= 0.6 is 15.9 Å². The zero-order valence-corrected chi connectivity index (χ0v) is 12.1. The van der Waals surface area contributed by atoms with Gasteiger partial charge >= 0.3 is 6.01 Å². The van der Waals surface area contributed by atoms with Gasteiger partial charge in [-0.3, -0.25) is 0 Å². The Morgan fingerprint density at radius 3 is 2.72 bits per heavy atom. The first-order valence-corrected chi connectivity index (χ1v) is 6.33. The van der Waals surface area contributed by atoms with E-state index < -0.39 is 0 Å². The number of aromatic nitrogens is 2. The molecular weight excluding hydrogens is 304 g/mol. The van der Waals surface area contributed by atoms with Crippen molar-refractivity contribution < 1.29 is 18.9 Å². The van der Waals surface area contributed by atoms with Crippen LogP contribution in [-0.4, -0.2) is 50.6 Å². The summed E-state index contributed by atoms with van der Waals surface area (Å²) in [5.41, 5.74) is 0. The van der Waals surface area contributed by atoms with Crippen LogP contribution in [0, 0.1) is 0 Å². The lowest BCUT2D eigenvalue weighted by Crippen LogP contribution is -2.10. The van der Waals surface area contributed by atoms with Gasteiger partial charge in [0.1, 0.15) is 6.61 Å². The normalized spacial score (nSPS) is 10.4. The SMILES string of the molecule is COCCCOCCOc1ncc(Br)c(OC)n1. The molecule has 0 unspecified atom stereocenters. The number of nitrogens with zero attached hydrogens (tertiary/aromatic N) is 2. The van der Waals surface area contributed by atoms with Crippen LogP contribution in [0.25, 0.3) is 0 Å². The largest absolute Gasteiger partial charge is 0.480 e. The zero-order chi connectivity index (χ0) is 13.2. The van der Waals surface area contributed by atoms with Crippen LogP contribution in [0.1, 0.15) is 6.42 Å². The summed E-state index contributed by atoms with van der Waals surface area (Å²) in [6, 6.07) is 0.274. The smallest absolute Gasteiger partial charge is 0.319 e. The minimum absolute atomic E-state index is 0.274. The highest BCUT2D eigenvalue weighted by atomic mass is 79.9. The van der Waals surface area contributed by atoms with Crippen LogP contribution < -0.4 is 9.47 Å². The van der Waals surface area contributed by atoms with Crippen LogP contribution in [-0.2, 0) is 9.47 Å². The van der Waals surface area contributed by atoms with Crippen LogP contribution in [0.3, 0.4) is 0 Å². The predicted octanol–water partition coefficient (Wildman–Crippen LogP) is 1.68. The number of hydrogen-bond donors (Lipinski definition) is 0. The fraction of sp³-hybridized carbons (Fsp3) is 0.636. The maximum Gasteiger partial charge on any atom is 0.319 e. The third-order valence-corrected chi connectivity index (χ3v) is 2.52. The summed E-state index contributed by atoms with van der Waals surface area (Å²) in [6.07, 6.45) is 2.46. The zero-order valence-electron chi connectivity index (χ0n) is 10.5. The second kappa shape index (κ2) is 9.07. The fourth-order valence-corrected chi connectivity index (χ4v) is 1.50. The molecule has 7 heteroatoms. The fourth-order valence-electron chi connectivity index (χ4n) is 1.15. The molecule has 0 N–H and O–H groups in total. The molecule has 0 aliphatic heterocycles. The van der Waals surface area contributed by atoms with Gasteiger partial charge in [0, 0.05) is 20.3 Å². The monoisotopic (exact) mass is 320 g/mol. The molecule has 0 fully saturated rings. The highest BCUT2D eigenvalue weighted by Gasteiger charge is 2.05. The Labute approximate surface area is 115 Å². The van der Waals surface area contributed by atoms with Crippen molar-refractivity contribution in [2.75, 3.05) is 40.6 Å². The first kappa shape index (κ1) is 15.1. The van der Waals surface area contributed by atoms with Crippen molar-refractivity contribution in [3.05, 3.63) is 10.7 Å².